The molecule has 0 saturated carbocycles. The van der Waals surface area contributed by atoms with Crippen LogP contribution in [-0.2, 0) is 11.3 Å². The van der Waals surface area contributed by atoms with Gasteiger partial charge in [0.15, 0.2) is 0 Å². The van der Waals surface area contributed by atoms with Crippen molar-refractivity contribution in [3.63, 3.8) is 0 Å². The number of urea groups is 1. The second-order valence-corrected chi connectivity index (χ2v) is 3.68. The van der Waals surface area contributed by atoms with Crippen LogP contribution in [0.4, 0.5) is 9.18 Å². The van der Waals surface area contributed by atoms with Crippen molar-refractivity contribution in [1.82, 2.24) is 16.2 Å². The molecular weight excluding hydrogens is 239 g/mol. The fraction of sp³-hybridized carbons (Fsp3) is 0.273. The van der Waals surface area contributed by atoms with Crippen LogP contribution in [0.2, 0.25) is 0 Å². The second-order valence-electron chi connectivity index (χ2n) is 3.68. The SMILES string of the molecule is CC(N)C(=O)NNC(=O)NCc1ccccc1F. The maximum atomic E-state index is 13.2. The minimum absolute atomic E-state index is 0.0204. The Morgan fingerprint density at radius 3 is 2.61 bits per heavy atom. The molecule has 0 fully saturated rings. The molecule has 0 heterocycles. The lowest BCUT2D eigenvalue weighted by atomic mass is 10.2. The van der Waals surface area contributed by atoms with Crippen LogP contribution in [-0.4, -0.2) is 18.0 Å². The van der Waals surface area contributed by atoms with Crippen molar-refractivity contribution in [2.45, 2.75) is 19.5 Å². The molecule has 5 N–H and O–H groups in total. The largest absolute Gasteiger partial charge is 0.333 e. The van der Waals surface area contributed by atoms with Crippen molar-refractivity contribution < 1.29 is 14.0 Å². The number of rotatable bonds is 3. The third-order valence-electron chi connectivity index (χ3n) is 2.11. The van der Waals surface area contributed by atoms with Gasteiger partial charge in [-0.15, -0.1) is 0 Å². The predicted octanol–water partition coefficient (Wildman–Crippen LogP) is 0.00330. The minimum Gasteiger partial charge on any atom is -0.333 e. The fourth-order valence-electron chi connectivity index (χ4n) is 1.09. The summed E-state index contributed by atoms with van der Waals surface area (Å²) in [5.74, 6) is -0.923. The van der Waals surface area contributed by atoms with Crippen molar-refractivity contribution in [3.05, 3.63) is 35.6 Å². The number of hydrazine groups is 1. The fourth-order valence-corrected chi connectivity index (χ4v) is 1.09. The van der Waals surface area contributed by atoms with E-state index in [1.54, 1.807) is 18.2 Å². The number of halogens is 1. The van der Waals surface area contributed by atoms with Crippen molar-refractivity contribution >= 4 is 11.9 Å². The van der Waals surface area contributed by atoms with Gasteiger partial charge in [0, 0.05) is 12.1 Å². The molecule has 0 saturated heterocycles. The van der Waals surface area contributed by atoms with Gasteiger partial charge in [-0.2, -0.15) is 0 Å². The number of carbonyl (C=O) groups excluding carboxylic acids is 2. The van der Waals surface area contributed by atoms with E-state index >= 15 is 0 Å². The Balaban J connectivity index is 2.34. The second kappa shape index (κ2) is 6.55. The van der Waals surface area contributed by atoms with E-state index in [1.807, 2.05) is 0 Å². The minimum atomic E-state index is -0.725. The van der Waals surface area contributed by atoms with Crippen LogP contribution in [0.1, 0.15) is 12.5 Å². The Morgan fingerprint density at radius 1 is 1.33 bits per heavy atom. The summed E-state index contributed by atoms with van der Waals surface area (Å²) in [6.07, 6.45) is 0. The molecule has 0 radical (unpaired) electrons. The van der Waals surface area contributed by atoms with Gasteiger partial charge in [0.25, 0.3) is 5.91 Å². The average Bonchev–Trinajstić information content (AvgIpc) is 2.34. The van der Waals surface area contributed by atoms with Crippen molar-refractivity contribution in [2.75, 3.05) is 0 Å². The standard InChI is InChI=1S/C11H15FN4O2/c1-7(13)10(17)15-16-11(18)14-6-8-4-2-3-5-9(8)12/h2-5,7H,6,13H2,1H3,(H,15,17)(H2,14,16,18). The van der Waals surface area contributed by atoms with E-state index in [4.69, 9.17) is 5.73 Å². The Labute approximate surface area is 104 Å². The maximum absolute atomic E-state index is 13.2. The summed E-state index contributed by atoms with van der Waals surface area (Å²) in [6.45, 7) is 1.50. The monoisotopic (exact) mass is 254 g/mol. The maximum Gasteiger partial charge on any atom is 0.333 e. The number of benzene rings is 1. The van der Waals surface area contributed by atoms with E-state index < -0.39 is 23.8 Å². The van der Waals surface area contributed by atoms with Gasteiger partial charge in [-0.3, -0.25) is 10.2 Å². The van der Waals surface area contributed by atoms with E-state index in [0.717, 1.165) is 0 Å². The molecule has 0 aliphatic carbocycles. The molecule has 0 aliphatic heterocycles. The third kappa shape index (κ3) is 4.38. The molecule has 1 unspecified atom stereocenters. The molecular formula is C11H15FN4O2. The van der Waals surface area contributed by atoms with Crippen molar-refractivity contribution in [1.29, 1.82) is 0 Å². The first-order valence-corrected chi connectivity index (χ1v) is 5.33. The number of carbonyl (C=O) groups is 2. The zero-order valence-corrected chi connectivity index (χ0v) is 9.87. The van der Waals surface area contributed by atoms with Gasteiger partial charge >= 0.3 is 6.03 Å². The Kier molecular flexibility index (Phi) is 5.06. The first-order chi connectivity index (χ1) is 8.50. The Hall–Kier alpha value is -2.15. The smallest absolute Gasteiger partial charge is 0.333 e. The Morgan fingerprint density at radius 2 is 2.00 bits per heavy atom. The lowest BCUT2D eigenvalue weighted by Crippen LogP contribution is -2.51. The lowest BCUT2D eigenvalue weighted by molar-refractivity contribution is -0.122. The van der Waals surface area contributed by atoms with Crippen LogP contribution < -0.4 is 21.9 Å². The zero-order valence-electron chi connectivity index (χ0n) is 9.87. The molecule has 18 heavy (non-hydrogen) atoms. The molecule has 0 bridgehead atoms. The number of nitrogens with two attached hydrogens (primary N) is 1. The van der Waals surface area contributed by atoms with Crippen LogP contribution in [0.25, 0.3) is 0 Å². The molecule has 1 atom stereocenters. The van der Waals surface area contributed by atoms with E-state index in [1.165, 1.54) is 13.0 Å². The molecule has 1 aromatic rings. The normalized spacial score (nSPS) is 11.5. The Bertz CT molecular complexity index is 437. The summed E-state index contributed by atoms with van der Waals surface area (Å²) >= 11 is 0. The van der Waals surface area contributed by atoms with Crippen LogP contribution in [0.15, 0.2) is 24.3 Å². The number of amides is 3. The summed E-state index contributed by atoms with van der Waals surface area (Å²) in [4.78, 5) is 22.3. The highest BCUT2D eigenvalue weighted by atomic mass is 19.1. The van der Waals surface area contributed by atoms with Crippen molar-refractivity contribution in [3.8, 4) is 0 Å². The van der Waals surface area contributed by atoms with E-state index in [9.17, 15) is 14.0 Å². The molecule has 0 aliphatic rings. The topological polar surface area (TPSA) is 96.2 Å². The summed E-state index contributed by atoms with van der Waals surface area (Å²) in [5, 5.41) is 2.39. The molecule has 6 nitrogen and oxygen atoms in total. The van der Waals surface area contributed by atoms with E-state index in [-0.39, 0.29) is 6.54 Å². The van der Waals surface area contributed by atoms with Crippen molar-refractivity contribution in [2.24, 2.45) is 5.73 Å². The van der Waals surface area contributed by atoms with E-state index in [0.29, 0.717) is 5.56 Å². The zero-order chi connectivity index (χ0) is 13.5. The van der Waals surface area contributed by atoms with Crippen LogP contribution in [0.3, 0.4) is 0 Å². The number of hydrogen-bond acceptors (Lipinski definition) is 3. The average molecular weight is 254 g/mol. The van der Waals surface area contributed by atoms with Gasteiger partial charge in [-0.1, -0.05) is 18.2 Å². The highest BCUT2D eigenvalue weighted by Crippen LogP contribution is 2.04. The van der Waals surface area contributed by atoms with Gasteiger partial charge in [0.05, 0.1) is 6.04 Å². The van der Waals surface area contributed by atoms with Crippen LogP contribution in [0, 0.1) is 5.82 Å². The highest BCUT2D eigenvalue weighted by Gasteiger charge is 2.08. The molecule has 1 rings (SSSR count). The first-order valence-electron chi connectivity index (χ1n) is 5.33. The van der Waals surface area contributed by atoms with Gasteiger partial charge in [-0.25, -0.2) is 14.6 Å². The van der Waals surface area contributed by atoms with Gasteiger partial charge < -0.3 is 11.1 Å². The highest BCUT2D eigenvalue weighted by molar-refractivity contribution is 5.84. The summed E-state index contributed by atoms with van der Waals surface area (Å²) < 4.78 is 13.2. The molecule has 0 aromatic heterocycles. The number of hydrogen-bond donors (Lipinski definition) is 4. The van der Waals surface area contributed by atoms with Gasteiger partial charge in [-0.05, 0) is 13.0 Å². The summed E-state index contributed by atoms with van der Waals surface area (Å²) in [6, 6.07) is 4.70. The van der Waals surface area contributed by atoms with Gasteiger partial charge in [0.1, 0.15) is 5.82 Å². The molecule has 1 aromatic carbocycles. The third-order valence-corrected chi connectivity index (χ3v) is 2.11. The first kappa shape index (κ1) is 13.9. The van der Waals surface area contributed by atoms with Gasteiger partial charge in [0.2, 0.25) is 0 Å². The lowest BCUT2D eigenvalue weighted by Gasteiger charge is -2.10. The molecule has 7 heteroatoms. The predicted molar refractivity (Wildman–Crippen MR) is 63.6 cm³/mol. The molecule has 0 spiro atoms. The van der Waals surface area contributed by atoms with Crippen LogP contribution >= 0.6 is 0 Å². The quantitative estimate of drug-likeness (QED) is 0.572. The molecule has 98 valence electrons. The molecule has 3 amide bonds. The van der Waals surface area contributed by atoms with Crippen LogP contribution in [0.5, 0.6) is 0 Å². The van der Waals surface area contributed by atoms with E-state index in [2.05, 4.69) is 16.2 Å². The summed E-state index contributed by atoms with van der Waals surface area (Å²) in [7, 11) is 0. The summed E-state index contributed by atoms with van der Waals surface area (Å²) in [5.41, 5.74) is 9.84. The number of nitrogens with one attached hydrogen (secondary N) is 3.